The smallest absolute Gasteiger partial charge is 0.212 e. The summed E-state index contributed by atoms with van der Waals surface area (Å²) in [6, 6.07) is 6.92. The van der Waals surface area contributed by atoms with Gasteiger partial charge in [-0.05, 0) is 46.4 Å². The average Bonchev–Trinajstić information content (AvgIpc) is 2.15. The Labute approximate surface area is 119 Å². The molecule has 0 spiro atoms. The minimum atomic E-state index is -3.46. The van der Waals surface area contributed by atoms with Gasteiger partial charge in [-0.25, -0.2) is 8.42 Å². The Morgan fingerprint density at radius 3 is 2.65 bits per heavy atom. The highest BCUT2D eigenvalue weighted by atomic mass is 127. The first kappa shape index (κ1) is 14.7. The molecular weight excluding hydrogens is 375 g/mol. The second kappa shape index (κ2) is 6.00. The van der Waals surface area contributed by atoms with Crippen molar-refractivity contribution in [2.45, 2.75) is 5.75 Å². The molecule has 0 bridgehead atoms. The van der Waals surface area contributed by atoms with Gasteiger partial charge in [0.25, 0.3) is 0 Å². The molecule has 0 amide bonds. The van der Waals surface area contributed by atoms with E-state index in [1.165, 1.54) is 7.05 Å². The summed E-state index contributed by atoms with van der Waals surface area (Å²) >= 11 is 7.93. The molecule has 1 aromatic rings. The lowest BCUT2D eigenvalue weighted by atomic mass is 10.2. The van der Waals surface area contributed by atoms with Crippen molar-refractivity contribution < 1.29 is 8.42 Å². The van der Waals surface area contributed by atoms with Crippen molar-refractivity contribution in [1.82, 2.24) is 4.31 Å². The zero-order chi connectivity index (χ0) is 13.1. The highest BCUT2D eigenvalue weighted by Gasteiger charge is 2.18. The van der Waals surface area contributed by atoms with Gasteiger partial charge in [0.05, 0.1) is 11.8 Å². The normalized spacial score (nSPS) is 11.5. The van der Waals surface area contributed by atoms with Gasteiger partial charge in [0, 0.05) is 15.6 Å². The molecule has 0 heterocycles. The molecule has 1 rings (SSSR count). The molecule has 0 fully saturated rings. The van der Waals surface area contributed by atoms with Gasteiger partial charge >= 0.3 is 0 Å². The predicted octanol–water partition coefficient (Wildman–Crippen LogP) is 2.23. The van der Waals surface area contributed by atoms with Gasteiger partial charge in [-0.1, -0.05) is 11.6 Å². The predicted molar refractivity (Wildman–Crippen MR) is 75.0 cm³/mol. The Morgan fingerprint density at radius 1 is 1.47 bits per heavy atom. The highest BCUT2D eigenvalue weighted by Crippen LogP contribution is 2.19. The zero-order valence-electron chi connectivity index (χ0n) is 9.02. The van der Waals surface area contributed by atoms with E-state index in [1.54, 1.807) is 24.3 Å². The van der Waals surface area contributed by atoms with E-state index in [1.807, 2.05) is 0 Å². The quantitative estimate of drug-likeness (QED) is 0.591. The summed E-state index contributed by atoms with van der Waals surface area (Å²) in [6.45, 7) is -0.153. The van der Waals surface area contributed by atoms with Crippen molar-refractivity contribution in [2.24, 2.45) is 0 Å². The van der Waals surface area contributed by atoms with E-state index in [0.29, 0.717) is 10.6 Å². The lowest BCUT2D eigenvalue weighted by Gasteiger charge is -2.13. The molecule has 0 aliphatic carbocycles. The van der Waals surface area contributed by atoms with Crippen LogP contribution in [0.5, 0.6) is 0 Å². The van der Waals surface area contributed by atoms with Crippen LogP contribution >= 0.6 is 34.2 Å². The van der Waals surface area contributed by atoms with Crippen LogP contribution in [0.1, 0.15) is 5.56 Å². The maximum absolute atomic E-state index is 11.8. The zero-order valence-corrected chi connectivity index (χ0v) is 12.8. The number of nitrogens with zero attached hydrogens (tertiary/aromatic N) is 2. The largest absolute Gasteiger partial charge is 0.218 e. The van der Waals surface area contributed by atoms with E-state index < -0.39 is 10.0 Å². The number of hydrogen-bond donors (Lipinski definition) is 0. The van der Waals surface area contributed by atoms with Crippen molar-refractivity contribution >= 4 is 44.2 Å². The minimum Gasteiger partial charge on any atom is -0.212 e. The second-order valence-electron chi connectivity index (χ2n) is 3.45. The molecular formula is C10H10ClIN2O2S. The Hall–Kier alpha value is -0.360. The van der Waals surface area contributed by atoms with Crippen molar-refractivity contribution in [3.05, 3.63) is 32.4 Å². The maximum atomic E-state index is 11.8. The van der Waals surface area contributed by atoms with Gasteiger partial charge in [-0.2, -0.15) is 9.57 Å². The fraction of sp³-hybridized carbons (Fsp3) is 0.300. The van der Waals surface area contributed by atoms with Crippen LogP contribution in [-0.4, -0.2) is 26.3 Å². The monoisotopic (exact) mass is 384 g/mol. The Morgan fingerprint density at radius 2 is 2.12 bits per heavy atom. The molecule has 0 radical (unpaired) electrons. The molecule has 17 heavy (non-hydrogen) atoms. The number of sulfonamides is 1. The van der Waals surface area contributed by atoms with Crippen LogP contribution in [0.25, 0.3) is 0 Å². The Kier molecular flexibility index (Phi) is 5.19. The van der Waals surface area contributed by atoms with Gasteiger partial charge < -0.3 is 0 Å². The molecule has 0 aromatic heterocycles. The summed E-state index contributed by atoms with van der Waals surface area (Å²) in [6.07, 6.45) is 0. The topological polar surface area (TPSA) is 61.2 Å². The lowest BCUT2D eigenvalue weighted by molar-refractivity contribution is 0.500. The maximum Gasteiger partial charge on any atom is 0.218 e. The van der Waals surface area contributed by atoms with Crippen LogP contribution in [-0.2, 0) is 15.8 Å². The first-order valence-electron chi connectivity index (χ1n) is 4.61. The molecule has 0 unspecified atom stereocenters. The standard InChI is InChI=1S/C10H10ClIN2O2S/c1-14(3-2-13)17(15,16)7-8-4-9(11)6-10(12)5-8/h4-6H,3,7H2,1H3. The Balaban J connectivity index is 2.95. The fourth-order valence-electron chi connectivity index (χ4n) is 1.21. The van der Waals surface area contributed by atoms with E-state index in [-0.39, 0.29) is 12.3 Å². The third-order valence-corrected chi connectivity index (χ3v) is 4.66. The minimum absolute atomic E-state index is 0.151. The molecule has 0 saturated carbocycles. The van der Waals surface area contributed by atoms with Crippen molar-refractivity contribution in [3.63, 3.8) is 0 Å². The van der Waals surface area contributed by atoms with Crippen LogP contribution in [0.15, 0.2) is 18.2 Å². The first-order valence-corrected chi connectivity index (χ1v) is 7.67. The summed E-state index contributed by atoms with van der Waals surface area (Å²) in [5.74, 6) is -0.151. The second-order valence-corrected chi connectivity index (χ2v) is 7.21. The van der Waals surface area contributed by atoms with E-state index in [9.17, 15) is 8.42 Å². The van der Waals surface area contributed by atoms with Gasteiger partial charge in [0.15, 0.2) is 0 Å². The summed E-state index contributed by atoms with van der Waals surface area (Å²) in [4.78, 5) is 0. The van der Waals surface area contributed by atoms with Crippen molar-refractivity contribution in [2.75, 3.05) is 13.6 Å². The van der Waals surface area contributed by atoms with Crippen LogP contribution < -0.4 is 0 Å². The van der Waals surface area contributed by atoms with Crippen molar-refractivity contribution in [1.29, 1.82) is 5.26 Å². The van der Waals surface area contributed by atoms with Crippen LogP contribution in [0.3, 0.4) is 0 Å². The number of hydrogen-bond acceptors (Lipinski definition) is 3. The van der Waals surface area contributed by atoms with E-state index in [4.69, 9.17) is 16.9 Å². The summed E-state index contributed by atoms with van der Waals surface area (Å²) in [7, 11) is -2.08. The third-order valence-electron chi connectivity index (χ3n) is 2.04. The van der Waals surface area contributed by atoms with E-state index in [0.717, 1.165) is 7.88 Å². The summed E-state index contributed by atoms with van der Waals surface area (Å²) in [5, 5.41) is 8.98. The molecule has 4 nitrogen and oxygen atoms in total. The lowest BCUT2D eigenvalue weighted by Crippen LogP contribution is -2.28. The van der Waals surface area contributed by atoms with E-state index >= 15 is 0 Å². The Bertz CT molecular complexity index is 534. The first-order chi connectivity index (χ1) is 7.85. The summed E-state index contributed by atoms with van der Waals surface area (Å²) < 4.78 is 25.6. The van der Waals surface area contributed by atoms with Crippen LogP contribution in [0.4, 0.5) is 0 Å². The van der Waals surface area contributed by atoms with Gasteiger partial charge in [0.2, 0.25) is 10.0 Å². The number of rotatable bonds is 4. The van der Waals surface area contributed by atoms with Gasteiger partial charge in [-0.3, -0.25) is 0 Å². The number of benzene rings is 1. The number of halogens is 2. The SMILES string of the molecule is CN(CC#N)S(=O)(=O)Cc1cc(Cl)cc(I)c1. The third kappa shape index (κ3) is 4.43. The molecule has 1 aromatic carbocycles. The molecule has 0 N–H and O–H groups in total. The molecule has 0 aliphatic heterocycles. The van der Waals surface area contributed by atoms with Gasteiger partial charge in [-0.15, -0.1) is 0 Å². The molecule has 0 saturated heterocycles. The molecule has 0 atom stereocenters. The summed E-state index contributed by atoms with van der Waals surface area (Å²) in [5.41, 5.74) is 0.617. The molecule has 92 valence electrons. The number of nitriles is 1. The van der Waals surface area contributed by atoms with Crippen LogP contribution in [0, 0.1) is 14.9 Å². The average molecular weight is 385 g/mol. The van der Waals surface area contributed by atoms with Crippen molar-refractivity contribution in [3.8, 4) is 6.07 Å². The molecule has 0 aliphatic rings. The highest BCUT2D eigenvalue weighted by molar-refractivity contribution is 14.1. The fourth-order valence-corrected chi connectivity index (χ4v) is 3.45. The van der Waals surface area contributed by atoms with E-state index in [2.05, 4.69) is 22.6 Å². The van der Waals surface area contributed by atoms with Crippen LogP contribution in [0.2, 0.25) is 5.02 Å². The molecule has 7 heteroatoms. The van der Waals surface area contributed by atoms with Gasteiger partial charge in [0.1, 0.15) is 6.54 Å².